The number of benzene rings is 1. The highest BCUT2D eigenvalue weighted by Crippen LogP contribution is 2.62. The maximum absolute atomic E-state index is 12.9. The summed E-state index contributed by atoms with van der Waals surface area (Å²) in [4.78, 5) is 14.5. The summed E-state index contributed by atoms with van der Waals surface area (Å²) < 4.78 is 12.7. The third kappa shape index (κ3) is 2.50. The molecule has 5 nitrogen and oxygen atoms in total. The van der Waals surface area contributed by atoms with Crippen LogP contribution in [-0.2, 0) is 19.5 Å². The van der Waals surface area contributed by atoms with Crippen molar-refractivity contribution in [3.05, 3.63) is 51.2 Å². The van der Waals surface area contributed by atoms with Gasteiger partial charge in [-0.2, -0.15) is 11.3 Å². The van der Waals surface area contributed by atoms with Crippen LogP contribution < -0.4 is 4.90 Å². The van der Waals surface area contributed by atoms with E-state index in [4.69, 9.17) is 20.9 Å². The first-order valence-electron chi connectivity index (χ1n) is 10.3. The van der Waals surface area contributed by atoms with E-state index in [0.29, 0.717) is 29.9 Å². The highest BCUT2D eigenvalue weighted by molar-refractivity contribution is 7.08. The summed E-state index contributed by atoms with van der Waals surface area (Å²) in [6, 6.07) is 7.50. The molecule has 2 atom stereocenters. The number of fused-ring (bicyclic) bond motifs is 3. The van der Waals surface area contributed by atoms with E-state index in [-0.39, 0.29) is 5.91 Å². The second-order valence-corrected chi connectivity index (χ2v) is 10.7. The quantitative estimate of drug-likeness (QED) is 0.701. The number of hydrogen-bond acceptors (Lipinski definition) is 5. The van der Waals surface area contributed by atoms with Crippen molar-refractivity contribution >= 4 is 41.7 Å². The Morgan fingerprint density at radius 1 is 1.20 bits per heavy atom. The number of nitrogens with zero attached hydrogens (tertiary/aromatic N) is 1. The number of hydrogen-bond donors (Lipinski definition) is 1. The van der Waals surface area contributed by atoms with Crippen molar-refractivity contribution in [2.45, 2.75) is 69.2 Å². The highest BCUT2D eigenvalue weighted by atomic mass is 35.5. The number of aliphatic hydroxyl groups is 1. The lowest BCUT2D eigenvalue weighted by Crippen LogP contribution is -2.57. The molecule has 0 radical (unpaired) electrons. The fourth-order valence-corrected chi connectivity index (χ4v) is 6.20. The van der Waals surface area contributed by atoms with Crippen LogP contribution in [0.1, 0.15) is 51.7 Å². The predicted molar refractivity (Wildman–Crippen MR) is 119 cm³/mol. The molecule has 0 bridgehead atoms. The van der Waals surface area contributed by atoms with Gasteiger partial charge >= 0.3 is 7.12 Å². The second-order valence-electron chi connectivity index (χ2n) is 9.51. The number of amides is 1. The minimum atomic E-state index is -1.40. The topological polar surface area (TPSA) is 59.0 Å². The predicted octanol–water partition coefficient (Wildman–Crippen LogP) is 4.61. The Kier molecular flexibility index (Phi) is 4.33. The molecule has 30 heavy (non-hydrogen) atoms. The van der Waals surface area contributed by atoms with Gasteiger partial charge in [-0.05, 0) is 73.8 Å². The van der Waals surface area contributed by atoms with Gasteiger partial charge in [-0.1, -0.05) is 11.6 Å². The van der Waals surface area contributed by atoms with E-state index in [0.717, 1.165) is 11.1 Å². The van der Waals surface area contributed by atoms with Crippen LogP contribution in [0.5, 0.6) is 0 Å². The Balaban J connectivity index is 1.72. The molecule has 2 saturated heterocycles. The molecule has 5 rings (SSSR count). The molecule has 2 aromatic rings. The third-order valence-corrected chi connectivity index (χ3v) is 8.36. The van der Waals surface area contributed by atoms with Crippen LogP contribution in [0.15, 0.2) is 35.0 Å². The lowest BCUT2D eigenvalue weighted by atomic mass is 9.57. The Bertz CT molecular complexity index is 1010. The molecule has 0 spiro atoms. The number of anilines is 1. The molecule has 0 unspecified atom stereocenters. The fourth-order valence-electron chi connectivity index (χ4n) is 5.29. The number of carbonyl (C=O) groups is 1. The van der Waals surface area contributed by atoms with E-state index in [1.807, 2.05) is 56.7 Å². The van der Waals surface area contributed by atoms with E-state index in [9.17, 15) is 9.90 Å². The molecular formula is C22H25BClNO4S. The van der Waals surface area contributed by atoms with Crippen molar-refractivity contribution in [2.75, 3.05) is 4.90 Å². The Morgan fingerprint density at radius 3 is 2.53 bits per heavy atom. The fraction of sp³-hybridized carbons (Fsp3) is 0.500. The first-order valence-corrected chi connectivity index (χ1v) is 11.6. The molecule has 3 aliphatic heterocycles. The zero-order valence-electron chi connectivity index (χ0n) is 17.6. The van der Waals surface area contributed by atoms with Crippen molar-refractivity contribution in [3.8, 4) is 0 Å². The van der Waals surface area contributed by atoms with E-state index in [1.54, 1.807) is 22.3 Å². The summed E-state index contributed by atoms with van der Waals surface area (Å²) in [6.45, 7) is 8.07. The standard InChI is InChI=1S/C22H25BClNO4S/c1-19(2)20(3,4)29-23(28-19)13-21(14-8-10-30-12-14)16-11-15(24)5-6-17(16)25-18(26)7-9-22(21,25)27/h5-6,8,10-12,27H,7,9,13H2,1-4H3/t21-,22-/m0/s1. The summed E-state index contributed by atoms with van der Waals surface area (Å²) in [5, 5.41) is 16.8. The Morgan fingerprint density at radius 2 is 1.90 bits per heavy atom. The second kappa shape index (κ2) is 6.33. The molecule has 1 aromatic heterocycles. The monoisotopic (exact) mass is 445 g/mol. The maximum atomic E-state index is 12.9. The summed E-state index contributed by atoms with van der Waals surface area (Å²) in [7, 11) is -0.540. The van der Waals surface area contributed by atoms with E-state index in [1.165, 1.54) is 0 Å². The summed E-state index contributed by atoms with van der Waals surface area (Å²) in [5.74, 6) is -0.0768. The van der Waals surface area contributed by atoms with Gasteiger partial charge in [0.25, 0.3) is 0 Å². The SMILES string of the molecule is CC1(C)OB(C[C@]2(c3ccsc3)c3cc(Cl)ccc3N3C(=O)CC[C@@]32O)OC1(C)C. The first-order chi connectivity index (χ1) is 14.0. The van der Waals surface area contributed by atoms with Crippen LogP contribution >= 0.6 is 22.9 Å². The van der Waals surface area contributed by atoms with Crippen LogP contribution in [0.3, 0.4) is 0 Å². The van der Waals surface area contributed by atoms with Gasteiger partial charge in [0, 0.05) is 24.2 Å². The molecule has 1 aromatic carbocycles. The van der Waals surface area contributed by atoms with Crippen LogP contribution in [-0.4, -0.2) is 35.1 Å². The molecule has 0 saturated carbocycles. The largest absolute Gasteiger partial charge is 0.459 e. The Labute approximate surface area is 186 Å². The van der Waals surface area contributed by atoms with Gasteiger partial charge < -0.3 is 14.4 Å². The van der Waals surface area contributed by atoms with Crippen molar-refractivity contribution in [3.63, 3.8) is 0 Å². The molecule has 1 amide bonds. The van der Waals surface area contributed by atoms with Gasteiger partial charge in [0.1, 0.15) is 0 Å². The number of thiophene rings is 1. The minimum absolute atomic E-state index is 0.0768. The lowest BCUT2D eigenvalue weighted by molar-refractivity contribution is -0.118. The van der Waals surface area contributed by atoms with Crippen LogP contribution in [0.25, 0.3) is 0 Å². The molecule has 0 aliphatic carbocycles. The van der Waals surface area contributed by atoms with E-state index in [2.05, 4.69) is 0 Å². The zero-order chi connectivity index (χ0) is 21.5. The summed E-state index contributed by atoms with van der Waals surface area (Å²) in [6.07, 6.45) is 1.02. The zero-order valence-corrected chi connectivity index (χ0v) is 19.1. The third-order valence-electron chi connectivity index (χ3n) is 7.44. The molecule has 2 fully saturated rings. The summed E-state index contributed by atoms with van der Waals surface area (Å²) >= 11 is 7.98. The highest BCUT2D eigenvalue weighted by Gasteiger charge is 2.68. The molecule has 158 valence electrons. The van der Waals surface area contributed by atoms with Crippen molar-refractivity contribution in [1.29, 1.82) is 0 Å². The average Bonchev–Trinajstić information content (AvgIpc) is 3.36. The molecule has 1 N–H and O–H groups in total. The molecule has 3 aliphatic rings. The maximum Gasteiger partial charge on any atom is 0.459 e. The van der Waals surface area contributed by atoms with Gasteiger partial charge in [-0.25, -0.2) is 0 Å². The van der Waals surface area contributed by atoms with Crippen LogP contribution in [0.4, 0.5) is 5.69 Å². The van der Waals surface area contributed by atoms with Crippen molar-refractivity contribution in [2.24, 2.45) is 0 Å². The van der Waals surface area contributed by atoms with Gasteiger partial charge in [0.15, 0.2) is 5.72 Å². The van der Waals surface area contributed by atoms with Gasteiger partial charge in [0.2, 0.25) is 5.91 Å². The van der Waals surface area contributed by atoms with E-state index < -0.39 is 29.5 Å². The number of rotatable bonds is 3. The van der Waals surface area contributed by atoms with Gasteiger partial charge in [-0.15, -0.1) is 0 Å². The van der Waals surface area contributed by atoms with E-state index >= 15 is 0 Å². The summed E-state index contributed by atoms with van der Waals surface area (Å²) in [5.41, 5.74) is -0.771. The average molecular weight is 446 g/mol. The number of carbonyl (C=O) groups excluding carboxylic acids is 1. The normalized spacial score (nSPS) is 31.3. The molecular weight excluding hydrogens is 421 g/mol. The van der Waals surface area contributed by atoms with Crippen molar-refractivity contribution in [1.82, 2.24) is 0 Å². The van der Waals surface area contributed by atoms with Crippen LogP contribution in [0.2, 0.25) is 11.3 Å². The lowest BCUT2D eigenvalue weighted by Gasteiger charge is -2.43. The first kappa shape index (κ1) is 20.5. The van der Waals surface area contributed by atoms with Crippen LogP contribution in [0, 0.1) is 0 Å². The minimum Gasteiger partial charge on any atom is -0.403 e. The smallest absolute Gasteiger partial charge is 0.403 e. The van der Waals surface area contributed by atoms with Crippen molar-refractivity contribution < 1.29 is 19.2 Å². The Hall–Kier alpha value is -1.38. The van der Waals surface area contributed by atoms with Gasteiger partial charge in [-0.3, -0.25) is 9.69 Å². The number of halogens is 1. The molecule has 4 heterocycles. The molecule has 8 heteroatoms. The van der Waals surface area contributed by atoms with Gasteiger partial charge in [0.05, 0.1) is 22.3 Å².